The Morgan fingerprint density at radius 1 is 0.853 bits per heavy atom. The van der Waals surface area contributed by atoms with Gasteiger partial charge in [0.1, 0.15) is 17.2 Å². The molecule has 7 nitrogen and oxygen atoms in total. The van der Waals surface area contributed by atoms with Gasteiger partial charge in [0.05, 0.1) is 31.8 Å². The number of nitrogens with one attached hydrogen (secondary N) is 1. The molecule has 180 valence electrons. The van der Waals surface area contributed by atoms with Gasteiger partial charge in [-0.2, -0.15) is 5.10 Å². The second kappa shape index (κ2) is 11.6. The van der Waals surface area contributed by atoms with Gasteiger partial charge in [0.2, 0.25) is 0 Å². The fraction of sp³-hybridized carbons (Fsp3) is 0.269. The number of rotatable bonds is 11. The van der Waals surface area contributed by atoms with Gasteiger partial charge in [-0.3, -0.25) is 0 Å². The predicted octanol–water partition coefficient (Wildman–Crippen LogP) is 4.56. The van der Waals surface area contributed by atoms with E-state index in [1.54, 1.807) is 56.7 Å². The van der Waals surface area contributed by atoms with Gasteiger partial charge < -0.3 is 14.2 Å². The molecule has 3 aromatic rings. The fourth-order valence-corrected chi connectivity index (χ4v) is 4.23. The lowest BCUT2D eigenvalue weighted by atomic mass is 10.0. The third-order valence-electron chi connectivity index (χ3n) is 4.87. The average molecular weight is 483 g/mol. The molecule has 0 aliphatic rings. The van der Waals surface area contributed by atoms with E-state index in [0.29, 0.717) is 34.8 Å². The van der Waals surface area contributed by atoms with Crippen LogP contribution >= 0.6 is 0 Å². The Morgan fingerprint density at radius 2 is 1.47 bits per heavy atom. The normalized spacial score (nSPS) is 11.9. The molecule has 0 saturated carbocycles. The maximum Gasteiger partial charge on any atom is 0.251 e. The van der Waals surface area contributed by atoms with E-state index >= 15 is 0 Å². The summed E-state index contributed by atoms with van der Waals surface area (Å²) in [4.78, 5) is 2.39. The molecule has 0 radical (unpaired) electrons. The molecule has 0 spiro atoms. The molecule has 0 fully saturated rings. The lowest BCUT2D eigenvalue weighted by Crippen LogP contribution is -2.23. The number of sulfonamides is 1. The van der Waals surface area contributed by atoms with E-state index < -0.39 is 10.0 Å². The van der Waals surface area contributed by atoms with Crippen LogP contribution in [-0.2, 0) is 22.2 Å². The fourth-order valence-electron chi connectivity index (χ4n) is 3.28. The van der Waals surface area contributed by atoms with Crippen molar-refractivity contribution in [3.8, 4) is 17.2 Å². The molecule has 0 atom stereocenters. The van der Waals surface area contributed by atoms with Crippen molar-refractivity contribution in [2.24, 2.45) is 5.10 Å². The average Bonchev–Trinajstić information content (AvgIpc) is 2.82. The highest BCUT2D eigenvalue weighted by Crippen LogP contribution is 2.24. The summed E-state index contributed by atoms with van der Waals surface area (Å²) in [5.74, 6) is 1.75. The summed E-state index contributed by atoms with van der Waals surface area (Å²) >= 11 is 0. The van der Waals surface area contributed by atoms with E-state index in [0.717, 1.165) is 11.3 Å². The minimum Gasteiger partial charge on any atom is -0.497 e. The van der Waals surface area contributed by atoms with Crippen molar-refractivity contribution in [3.63, 3.8) is 0 Å². The maximum atomic E-state index is 12.7. The van der Waals surface area contributed by atoms with Gasteiger partial charge in [-0.05, 0) is 49.2 Å². The molecular formula is C26H30N2O5S. The number of hydrogen-bond acceptors (Lipinski definition) is 6. The zero-order valence-corrected chi connectivity index (χ0v) is 20.6. The molecule has 0 aromatic heterocycles. The van der Waals surface area contributed by atoms with Crippen LogP contribution in [0, 0.1) is 0 Å². The smallest absolute Gasteiger partial charge is 0.251 e. The summed E-state index contributed by atoms with van der Waals surface area (Å²) in [5.41, 5.74) is 2.82. The van der Waals surface area contributed by atoms with Crippen LogP contribution in [0.15, 0.2) is 77.9 Å². The largest absolute Gasteiger partial charge is 0.497 e. The second-order valence-corrected chi connectivity index (χ2v) is 9.68. The Hall–Kier alpha value is -3.52. The van der Waals surface area contributed by atoms with Crippen molar-refractivity contribution in [1.29, 1.82) is 0 Å². The van der Waals surface area contributed by atoms with Crippen LogP contribution in [0.1, 0.15) is 30.5 Å². The van der Waals surface area contributed by atoms with Gasteiger partial charge >= 0.3 is 0 Å². The lowest BCUT2D eigenvalue weighted by Gasteiger charge is -2.13. The maximum absolute atomic E-state index is 12.7. The van der Waals surface area contributed by atoms with Crippen LogP contribution in [0.5, 0.6) is 17.2 Å². The monoisotopic (exact) mass is 482 g/mol. The van der Waals surface area contributed by atoms with Gasteiger partial charge in [0, 0.05) is 18.1 Å². The number of methoxy groups -OCH3 is 2. The molecule has 0 amide bonds. The van der Waals surface area contributed by atoms with E-state index in [1.807, 2.05) is 44.2 Å². The summed E-state index contributed by atoms with van der Waals surface area (Å²) in [6.07, 6.45) is 0.456. The molecule has 0 saturated heterocycles. The SMILES string of the molecule is COc1cc(OC)cc(C(Cc2ccc(OC(C)C)cc2)=NNS(=O)(=O)Cc2ccccc2)c1. The number of nitrogens with zero attached hydrogens (tertiary/aromatic N) is 1. The van der Waals surface area contributed by atoms with E-state index in [1.165, 1.54) is 0 Å². The molecular weight excluding hydrogens is 452 g/mol. The summed E-state index contributed by atoms with van der Waals surface area (Å²) in [6.45, 7) is 3.94. The Morgan fingerprint density at radius 3 is 2.03 bits per heavy atom. The number of hydrazone groups is 1. The first-order chi connectivity index (χ1) is 16.3. The van der Waals surface area contributed by atoms with Crippen LogP contribution in [0.25, 0.3) is 0 Å². The molecule has 0 aliphatic carbocycles. The van der Waals surface area contributed by atoms with Gasteiger partial charge in [-0.25, -0.2) is 13.2 Å². The Balaban J connectivity index is 1.91. The van der Waals surface area contributed by atoms with E-state index in [4.69, 9.17) is 14.2 Å². The lowest BCUT2D eigenvalue weighted by molar-refractivity contribution is 0.242. The van der Waals surface area contributed by atoms with Crippen molar-refractivity contribution < 1.29 is 22.6 Å². The third-order valence-corrected chi connectivity index (χ3v) is 5.95. The Labute approximate surface area is 201 Å². The van der Waals surface area contributed by atoms with Crippen molar-refractivity contribution in [1.82, 2.24) is 4.83 Å². The minimum atomic E-state index is -3.70. The number of hydrogen-bond donors (Lipinski definition) is 1. The Bertz CT molecular complexity index is 1190. The number of benzene rings is 3. The highest BCUT2D eigenvalue weighted by atomic mass is 32.2. The van der Waals surface area contributed by atoms with Crippen LogP contribution < -0.4 is 19.0 Å². The molecule has 1 N–H and O–H groups in total. The molecule has 0 aliphatic heterocycles. The first-order valence-corrected chi connectivity index (χ1v) is 12.5. The molecule has 3 aromatic carbocycles. The van der Waals surface area contributed by atoms with Crippen LogP contribution in [0.2, 0.25) is 0 Å². The second-order valence-electron chi connectivity index (χ2n) is 7.98. The van der Waals surface area contributed by atoms with Crippen molar-refractivity contribution in [2.75, 3.05) is 14.2 Å². The van der Waals surface area contributed by atoms with Gasteiger partial charge in [0.15, 0.2) is 0 Å². The minimum absolute atomic E-state index is 0.0752. The van der Waals surface area contributed by atoms with E-state index in [9.17, 15) is 8.42 Å². The first-order valence-electron chi connectivity index (χ1n) is 10.9. The Kier molecular flexibility index (Phi) is 8.54. The highest BCUT2D eigenvalue weighted by molar-refractivity contribution is 7.88. The molecule has 8 heteroatoms. The van der Waals surface area contributed by atoms with Crippen molar-refractivity contribution in [2.45, 2.75) is 32.1 Å². The standard InChI is InChI=1S/C26H30N2O5S/c1-19(2)33-23-12-10-20(11-13-23)14-26(22-15-24(31-3)17-25(16-22)32-4)27-28-34(29,30)18-21-8-6-5-7-9-21/h5-13,15-17,19,28H,14,18H2,1-4H3. The van der Waals surface area contributed by atoms with Crippen LogP contribution in [0.4, 0.5) is 0 Å². The zero-order chi connectivity index (χ0) is 24.6. The van der Waals surface area contributed by atoms with Gasteiger partial charge in [0.25, 0.3) is 10.0 Å². The summed E-state index contributed by atoms with van der Waals surface area (Å²) in [5, 5.41) is 4.32. The quantitative estimate of drug-likeness (QED) is 0.320. The first kappa shape index (κ1) is 25.1. The van der Waals surface area contributed by atoms with Crippen LogP contribution in [-0.4, -0.2) is 34.5 Å². The number of ether oxygens (including phenoxy) is 3. The van der Waals surface area contributed by atoms with Crippen molar-refractivity contribution in [3.05, 3.63) is 89.5 Å². The molecule has 0 unspecified atom stereocenters. The highest BCUT2D eigenvalue weighted by Gasteiger charge is 2.14. The van der Waals surface area contributed by atoms with Gasteiger partial charge in [-0.15, -0.1) is 0 Å². The van der Waals surface area contributed by atoms with E-state index in [2.05, 4.69) is 9.93 Å². The third kappa shape index (κ3) is 7.52. The molecule has 0 bridgehead atoms. The molecule has 34 heavy (non-hydrogen) atoms. The van der Waals surface area contributed by atoms with E-state index in [-0.39, 0.29) is 11.9 Å². The topological polar surface area (TPSA) is 86.2 Å². The predicted molar refractivity (Wildman–Crippen MR) is 134 cm³/mol. The van der Waals surface area contributed by atoms with Crippen molar-refractivity contribution >= 4 is 15.7 Å². The van der Waals surface area contributed by atoms with Crippen LogP contribution in [0.3, 0.4) is 0 Å². The summed E-state index contributed by atoms with van der Waals surface area (Å²) < 4.78 is 41.9. The summed E-state index contributed by atoms with van der Waals surface area (Å²) in [6, 6.07) is 21.9. The van der Waals surface area contributed by atoms with Gasteiger partial charge in [-0.1, -0.05) is 42.5 Å². The zero-order valence-electron chi connectivity index (χ0n) is 19.8. The molecule has 0 heterocycles. The molecule has 3 rings (SSSR count). The summed E-state index contributed by atoms with van der Waals surface area (Å²) in [7, 11) is -0.580.